The van der Waals surface area contributed by atoms with Gasteiger partial charge in [-0.1, -0.05) is 25.1 Å². The van der Waals surface area contributed by atoms with E-state index in [1.165, 1.54) is 0 Å². The van der Waals surface area contributed by atoms with E-state index in [0.29, 0.717) is 12.1 Å². The minimum atomic E-state index is -0.0158. The molecule has 1 aliphatic rings. The summed E-state index contributed by atoms with van der Waals surface area (Å²) in [7, 11) is 0. The second kappa shape index (κ2) is 6.44. The first-order chi connectivity index (χ1) is 10.7. The van der Waals surface area contributed by atoms with E-state index in [1.54, 1.807) is 12.3 Å². The van der Waals surface area contributed by atoms with Crippen LogP contribution in [0.5, 0.6) is 0 Å². The van der Waals surface area contributed by atoms with Crippen LogP contribution in [-0.2, 0) is 4.74 Å². The summed E-state index contributed by atoms with van der Waals surface area (Å²) in [5.41, 5.74) is 1.73. The molecule has 2 heterocycles. The molecule has 4 nitrogen and oxygen atoms in total. The highest BCUT2D eigenvalue weighted by molar-refractivity contribution is 6.05. The maximum absolute atomic E-state index is 12.6. The summed E-state index contributed by atoms with van der Waals surface area (Å²) < 4.78 is 5.45. The van der Waals surface area contributed by atoms with Gasteiger partial charge in [-0.3, -0.25) is 9.78 Å². The van der Waals surface area contributed by atoms with Crippen molar-refractivity contribution in [3.05, 3.63) is 42.1 Å². The molecule has 2 aromatic rings. The van der Waals surface area contributed by atoms with Gasteiger partial charge in [-0.2, -0.15) is 0 Å². The Morgan fingerprint density at radius 2 is 2.05 bits per heavy atom. The lowest BCUT2D eigenvalue weighted by atomic mass is 9.78. The van der Waals surface area contributed by atoms with Crippen molar-refractivity contribution in [3.8, 4) is 0 Å². The fourth-order valence-electron chi connectivity index (χ4n) is 3.12. The van der Waals surface area contributed by atoms with Crippen molar-refractivity contribution in [1.29, 1.82) is 0 Å². The van der Waals surface area contributed by atoms with Crippen LogP contribution in [0.4, 0.5) is 0 Å². The van der Waals surface area contributed by atoms with Crippen molar-refractivity contribution < 1.29 is 9.53 Å². The molecule has 0 radical (unpaired) electrons. The Bertz CT molecular complexity index is 658. The molecule has 1 saturated heterocycles. The number of amides is 1. The quantitative estimate of drug-likeness (QED) is 0.943. The lowest BCUT2D eigenvalue weighted by Crippen LogP contribution is -2.41. The molecular formula is C18H22N2O2. The zero-order valence-electron chi connectivity index (χ0n) is 13.0. The molecule has 0 atom stereocenters. The molecule has 1 aromatic carbocycles. The Morgan fingerprint density at radius 1 is 1.27 bits per heavy atom. The van der Waals surface area contributed by atoms with Gasteiger partial charge in [0.05, 0.1) is 11.1 Å². The number of ether oxygens (including phenoxy) is 1. The molecule has 1 amide bonds. The van der Waals surface area contributed by atoms with Crippen molar-refractivity contribution in [1.82, 2.24) is 10.3 Å². The predicted molar refractivity (Wildman–Crippen MR) is 86.9 cm³/mol. The van der Waals surface area contributed by atoms with Crippen molar-refractivity contribution in [3.63, 3.8) is 0 Å². The number of nitrogens with one attached hydrogen (secondary N) is 1. The number of hydrogen-bond acceptors (Lipinski definition) is 3. The van der Waals surface area contributed by atoms with Crippen molar-refractivity contribution in [2.24, 2.45) is 5.41 Å². The number of para-hydroxylation sites is 1. The molecular weight excluding hydrogens is 276 g/mol. The zero-order chi connectivity index (χ0) is 15.4. The first-order valence-electron chi connectivity index (χ1n) is 7.94. The summed E-state index contributed by atoms with van der Waals surface area (Å²) in [6.45, 7) is 4.49. The summed E-state index contributed by atoms with van der Waals surface area (Å²) in [6, 6.07) is 9.54. The molecule has 0 saturated carbocycles. The number of pyridine rings is 1. The van der Waals surface area contributed by atoms with Crippen LogP contribution < -0.4 is 5.32 Å². The average Bonchev–Trinajstić information content (AvgIpc) is 2.60. The molecule has 1 N–H and O–H groups in total. The summed E-state index contributed by atoms with van der Waals surface area (Å²) in [4.78, 5) is 16.9. The first-order valence-corrected chi connectivity index (χ1v) is 7.94. The molecule has 116 valence electrons. The van der Waals surface area contributed by atoms with E-state index in [9.17, 15) is 4.79 Å². The van der Waals surface area contributed by atoms with Crippen LogP contribution in [0.15, 0.2) is 36.5 Å². The van der Waals surface area contributed by atoms with Crippen LogP contribution in [0, 0.1) is 5.41 Å². The van der Waals surface area contributed by atoms with Gasteiger partial charge in [-0.25, -0.2) is 0 Å². The molecule has 0 unspecified atom stereocenters. The van der Waals surface area contributed by atoms with E-state index < -0.39 is 0 Å². The first kappa shape index (κ1) is 15.0. The number of rotatable bonds is 4. The third-order valence-electron chi connectivity index (χ3n) is 4.82. The van der Waals surface area contributed by atoms with Gasteiger partial charge in [0.25, 0.3) is 5.91 Å². The lowest BCUT2D eigenvalue weighted by Gasteiger charge is -2.36. The smallest absolute Gasteiger partial charge is 0.252 e. The Morgan fingerprint density at radius 3 is 2.82 bits per heavy atom. The minimum absolute atomic E-state index is 0.0158. The monoisotopic (exact) mass is 298 g/mol. The fraction of sp³-hybridized carbons (Fsp3) is 0.444. The van der Waals surface area contributed by atoms with E-state index >= 15 is 0 Å². The van der Waals surface area contributed by atoms with Gasteiger partial charge < -0.3 is 10.1 Å². The highest BCUT2D eigenvalue weighted by Crippen LogP contribution is 2.33. The second-order valence-corrected chi connectivity index (χ2v) is 6.02. The van der Waals surface area contributed by atoms with Crippen LogP contribution in [0.3, 0.4) is 0 Å². The van der Waals surface area contributed by atoms with Crippen LogP contribution in [0.25, 0.3) is 10.9 Å². The van der Waals surface area contributed by atoms with Crippen LogP contribution in [0.1, 0.15) is 36.5 Å². The molecule has 4 heteroatoms. The van der Waals surface area contributed by atoms with Gasteiger partial charge >= 0.3 is 0 Å². The maximum Gasteiger partial charge on any atom is 0.252 e. The molecule has 0 aliphatic carbocycles. The van der Waals surface area contributed by atoms with E-state index in [4.69, 9.17) is 4.74 Å². The normalized spacial score (nSPS) is 17.3. The Hall–Kier alpha value is -1.94. The van der Waals surface area contributed by atoms with E-state index in [0.717, 1.165) is 43.4 Å². The number of benzene rings is 1. The Labute approximate surface area is 130 Å². The number of nitrogens with zero attached hydrogens (tertiary/aromatic N) is 1. The second-order valence-electron chi connectivity index (χ2n) is 6.02. The average molecular weight is 298 g/mol. The highest BCUT2D eigenvalue weighted by Gasteiger charge is 2.31. The van der Waals surface area contributed by atoms with Gasteiger partial charge in [-0.05, 0) is 36.8 Å². The van der Waals surface area contributed by atoms with Crippen molar-refractivity contribution in [2.45, 2.75) is 26.2 Å². The molecule has 0 bridgehead atoms. The largest absolute Gasteiger partial charge is 0.381 e. The summed E-state index contributed by atoms with van der Waals surface area (Å²) in [6.07, 6.45) is 4.79. The van der Waals surface area contributed by atoms with E-state index in [2.05, 4.69) is 17.2 Å². The molecule has 1 fully saturated rings. The predicted octanol–water partition coefficient (Wildman–Crippen LogP) is 3.17. The maximum atomic E-state index is 12.6. The summed E-state index contributed by atoms with van der Waals surface area (Å²) >= 11 is 0. The number of carbonyl (C=O) groups is 1. The van der Waals surface area contributed by atoms with E-state index in [-0.39, 0.29) is 11.3 Å². The van der Waals surface area contributed by atoms with Gasteiger partial charge in [-0.15, -0.1) is 0 Å². The summed E-state index contributed by atoms with van der Waals surface area (Å²) in [5.74, 6) is -0.0158. The van der Waals surface area contributed by atoms with Crippen LogP contribution in [0.2, 0.25) is 0 Å². The number of aromatic nitrogens is 1. The fourth-order valence-corrected chi connectivity index (χ4v) is 3.12. The van der Waals surface area contributed by atoms with Gasteiger partial charge in [0.15, 0.2) is 0 Å². The number of hydrogen-bond donors (Lipinski definition) is 1. The van der Waals surface area contributed by atoms with E-state index in [1.807, 2.05) is 24.3 Å². The van der Waals surface area contributed by atoms with Gasteiger partial charge in [0, 0.05) is 31.3 Å². The minimum Gasteiger partial charge on any atom is -0.381 e. The summed E-state index contributed by atoms with van der Waals surface area (Å²) in [5, 5.41) is 4.03. The van der Waals surface area contributed by atoms with Crippen LogP contribution >= 0.6 is 0 Å². The molecule has 3 rings (SSSR count). The molecule has 22 heavy (non-hydrogen) atoms. The van der Waals surface area contributed by atoms with Gasteiger partial charge in [0.1, 0.15) is 0 Å². The lowest BCUT2D eigenvalue weighted by molar-refractivity contribution is 0.0129. The number of carbonyl (C=O) groups excluding carboxylic acids is 1. The SMILES string of the molecule is CCC1(CNC(=O)c2ccnc3ccccc23)CCOCC1. The Kier molecular flexibility index (Phi) is 4.39. The van der Waals surface area contributed by atoms with Crippen molar-refractivity contribution in [2.75, 3.05) is 19.8 Å². The van der Waals surface area contributed by atoms with Gasteiger partial charge in [0.2, 0.25) is 0 Å². The topological polar surface area (TPSA) is 51.2 Å². The molecule has 0 spiro atoms. The Balaban J connectivity index is 1.76. The highest BCUT2D eigenvalue weighted by atomic mass is 16.5. The van der Waals surface area contributed by atoms with Crippen molar-refractivity contribution >= 4 is 16.8 Å². The molecule has 1 aromatic heterocycles. The third-order valence-corrected chi connectivity index (χ3v) is 4.82. The zero-order valence-corrected chi connectivity index (χ0v) is 13.0. The molecule has 1 aliphatic heterocycles. The van der Waals surface area contributed by atoms with Crippen LogP contribution in [-0.4, -0.2) is 30.6 Å². The third kappa shape index (κ3) is 2.97. The number of fused-ring (bicyclic) bond motifs is 1. The standard InChI is InChI=1S/C18H22N2O2/c1-2-18(8-11-22-12-9-18)13-20-17(21)15-7-10-19-16-6-4-3-5-14(15)16/h3-7,10H,2,8-9,11-13H2,1H3,(H,20,21).